The minimum absolute atomic E-state index is 0.0987. The Hall–Kier alpha value is -0.700. The lowest BCUT2D eigenvalue weighted by atomic mass is 9.95. The number of ether oxygens (including phenoxy) is 14. The molecule has 484 valence electrons. The number of rotatable bonds is 13. The summed E-state index contributed by atoms with van der Waals surface area (Å²) < 4.78 is 82.2. The molecular formula is C46H80N2O33S2. The van der Waals surface area contributed by atoms with Gasteiger partial charge in [-0.25, -0.2) is 0 Å². The zero-order valence-corrected chi connectivity index (χ0v) is 45.8. The van der Waals surface area contributed by atoms with E-state index in [0.717, 1.165) is 23.5 Å². The molecule has 21 fully saturated rings. The number of hydrogen-bond acceptors (Lipinski definition) is 37. The minimum atomic E-state index is -2.18. The summed E-state index contributed by atoms with van der Waals surface area (Å²) in [6.07, 6.45) is -67.3. The summed E-state index contributed by atoms with van der Waals surface area (Å²) in [5.41, 5.74) is 11.4. The first kappa shape index (κ1) is 68.2. The number of hydrogen-bond donors (Lipinski definition) is 21. The van der Waals surface area contributed by atoms with Crippen molar-refractivity contribution in [3.8, 4) is 0 Å². The molecule has 0 aliphatic carbocycles. The van der Waals surface area contributed by atoms with Gasteiger partial charge >= 0.3 is 0 Å². The lowest BCUT2D eigenvalue weighted by Gasteiger charge is -2.50. The van der Waals surface area contributed by atoms with Crippen molar-refractivity contribution in [2.24, 2.45) is 11.5 Å². The maximum absolute atomic E-state index is 11.7. The van der Waals surface area contributed by atoms with E-state index in [1.807, 2.05) is 0 Å². The zero-order valence-electron chi connectivity index (χ0n) is 44.2. The topological polar surface area (TPSA) is 566 Å². The standard InChI is InChI=1S/C46H80N2O33S2/c47-1-3-82-10-17-38-25(60)32(67)46(74-17)79-37-16(9-53)70-42(28(63)21(37)56)77-35-14(7-51)72-44(30(65)23(35)58)81-39-18(11-83-4-2-48)73-45(31(66)24(39)59)78-36-15(8-52)69-41(27(62)20(36)55)75-33-12(5-49)68-40(26(61)19(33)54)76-34-13(6-50)71-43(80-38)29(64)22(34)57/h12-46,49-67H,1-11,47-48H2/t12?,13?,14?,15?,16?,17?,18?,19-,20-,21-,22-,23-,24-,25-,26?,27?,28?,29?,30?,31?,32?,33-,34-,35-,36-,37-,38-,39-,40-,41-,42+,43+,44+,45+,46+/m1/s1. The van der Waals surface area contributed by atoms with E-state index in [4.69, 9.17) is 77.8 Å². The molecule has 0 radical (unpaired) electrons. The van der Waals surface area contributed by atoms with Crippen molar-refractivity contribution in [3.63, 3.8) is 0 Å². The second kappa shape index (κ2) is 30.4. The Labute approximate surface area is 481 Å². The van der Waals surface area contributed by atoms with Crippen LogP contribution in [0.25, 0.3) is 0 Å². The molecule has 35 nitrogen and oxygen atoms in total. The van der Waals surface area contributed by atoms with Crippen molar-refractivity contribution in [3.05, 3.63) is 0 Å². The van der Waals surface area contributed by atoms with Crippen LogP contribution >= 0.6 is 23.5 Å². The third-order valence-corrected chi connectivity index (χ3v) is 17.7. The van der Waals surface area contributed by atoms with Gasteiger partial charge in [-0.1, -0.05) is 0 Å². The highest BCUT2D eigenvalue weighted by Crippen LogP contribution is 2.39. The first-order valence-electron chi connectivity index (χ1n) is 27.0. The normalized spacial score (nSPS) is 52.2. The molecule has 21 aliphatic rings. The predicted molar refractivity (Wildman–Crippen MR) is 267 cm³/mol. The lowest BCUT2D eigenvalue weighted by Crippen LogP contribution is -2.68. The summed E-state index contributed by atoms with van der Waals surface area (Å²) in [5, 5.41) is 213. The smallest absolute Gasteiger partial charge is 0.187 e. The summed E-state index contributed by atoms with van der Waals surface area (Å²) in [4.78, 5) is 0. The van der Waals surface area contributed by atoms with Crippen LogP contribution in [-0.2, 0) is 66.3 Å². The second-order valence-electron chi connectivity index (χ2n) is 21.0. The molecule has 37 heteroatoms. The van der Waals surface area contributed by atoms with Crippen LogP contribution in [0.1, 0.15) is 0 Å². The maximum Gasteiger partial charge on any atom is 0.187 e. The fourth-order valence-electron chi connectivity index (χ4n) is 11.0. The van der Waals surface area contributed by atoms with Crippen molar-refractivity contribution in [1.82, 2.24) is 0 Å². The number of aliphatic hydroxyl groups excluding tert-OH is 19. The predicted octanol–water partition coefficient (Wildman–Crippen LogP) is -13.8. The van der Waals surface area contributed by atoms with E-state index in [1.54, 1.807) is 0 Å². The fraction of sp³-hybridized carbons (Fsp3) is 1.00. The lowest BCUT2D eigenvalue weighted by molar-refractivity contribution is -0.395. The molecule has 35 atom stereocenters. The summed E-state index contributed by atoms with van der Waals surface area (Å²) in [5.74, 6) is 0.400. The summed E-state index contributed by atoms with van der Waals surface area (Å²) in [6, 6.07) is 0. The molecule has 0 spiro atoms. The number of thioether (sulfide) groups is 2. The maximum atomic E-state index is 11.7. The van der Waals surface area contributed by atoms with Crippen LogP contribution < -0.4 is 11.5 Å². The SMILES string of the molecule is NCCSCC1O[C@H]2O[C@@H]3C(CO)O[C@H](O[C@@H]4C(CO)O[C@H](O[C@@H]5C(CO)O[C@@H](O[C@@H]6C(CSCCN)O[C@@H](O[C@@H]7C(CO)O[C@@H](O[C@@H]8C(CO)O[C@@H](O[C@H]1[C@H](O)C2O)C(O)[C@H]8O)C(O)[C@H]7O)C(O)[C@H]6O)C(O)[C@H]5O)C(O)[C@H]4O)C(O)[C@H]3O. The summed E-state index contributed by atoms with van der Waals surface area (Å²) >= 11 is 2.32. The first-order chi connectivity index (χ1) is 39.7. The molecule has 14 unspecified atom stereocenters. The molecule has 0 saturated carbocycles. The zero-order chi connectivity index (χ0) is 60.3. The highest BCUT2D eigenvalue weighted by Gasteiger charge is 2.59. The van der Waals surface area contributed by atoms with E-state index < -0.39 is 248 Å². The highest BCUT2D eigenvalue weighted by atomic mass is 32.2. The van der Waals surface area contributed by atoms with Gasteiger partial charge in [-0.05, 0) is 0 Å². The minimum Gasteiger partial charge on any atom is -0.394 e. The van der Waals surface area contributed by atoms with E-state index in [0.29, 0.717) is 11.5 Å². The summed E-state index contributed by atoms with van der Waals surface area (Å²) in [6.45, 7) is -4.73. The quantitative estimate of drug-likeness (QED) is 0.0762. The third kappa shape index (κ3) is 14.6. The van der Waals surface area contributed by atoms with Gasteiger partial charge in [0.2, 0.25) is 0 Å². The van der Waals surface area contributed by atoms with Crippen LogP contribution in [0.3, 0.4) is 0 Å². The average molecular weight is 1250 g/mol. The molecule has 14 bridgehead atoms. The molecule has 83 heavy (non-hydrogen) atoms. The van der Waals surface area contributed by atoms with Gasteiger partial charge in [0.05, 0.1) is 45.2 Å². The molecule has 21 aliphatic heterocycles. The van der Waals surface area contributed by atoms with Crippen LogP contribution in [-0.4, -0.2) is 381 Å². The Bertz CT molecular complexity index is 1940. The van der Waals surface area contributed by atoms with Gasteiger partial charge in [0.25, 0.3) is 0 Å². The molecule has 0 aromatic carbocycles. The number of nitrogens with two attached hydrogens (primary N) is 2. The molecule has 0 aromatic heterocycles. The molecule has 21 heterocycles. The third-order valence-electron chi connectivity index (χ3n) is 15.5. The van der Waals surface area contributed by atoms with Gasteiger partial charge in [0.1, 0.15) is 159 Å². The van der Waals surface area contributed by atoms with Crippen LogP contribution in [0.15, 0.2) is 0 Å². The van der Waals surface area contributed by atoms with Gasteiger partial charge in [-0.2, -0.15) is 23.5 Å². The van der Waals surface area contributed by atoms with Crippen molar-refractivity contribution in [2.75, 3.05) is 69.1 Å². The Kier molecular flexibility index (Phi) is 25.0. The molecule has 21 saturated heterocycles. The Morgan fingerprint density at radius 1 is 0.229 bits per heavy atom. The van der Waals surface area contributed by atoms with E-state index in [2.05, 4.69) is 0 Å². The van der Waals surface area contributed by atoms with Gasteiger partial charge in [-0.3, -0.25) is 0 Å². The second-order valence-corrected chi connectivity index (χ2v) is 23.3. The molecule has 0 aromatic rings. The Balaban J connectivity index is 1.10. The monoisotopic (exact) mass is 1250 g/mol. The van der Waals surface area contributed by atoms with Gasteiger partial charge in [0.15, 0.2) is 44.0 Å². The first-order valence-corrected chi connectivity index (χ1v) is 29.3. The molecule has 0 amide bonds. The van der Waals surface area contributed by atoms with Crippen molar-refractivity contribution in [1.29, 1.82) is 0 Å². The van der Waals surface area contributed by atoms with Crippen molar-refractivity contribution in [2.45, 2.75) is 215 Å². The number of aliphatic hydroxyl groups is 19. The average Bonchev–Trinajstić information content (AvgIpc) is 3.50. The highest BCUT2D eigenvalue weighted by molar-refractivity contribution is 7.99. The molecular weight excluding hydrogens is 1170 g/mol. The largest absolute Gasteiger partial charge is 0.394 e. The van der Waals surface area contributed by atoms with Crippen LogP contribution in [0, 0.1) is 0 Å². The van der Waals surface area contributed by atoms with E-state index in [9.17, 15) is 97.0 Å². The molecule has 21 rings (SSSR count). The van der Waals surface area contributed by atoms with E-state index >= 15 is 0 Å². The van der Waals surface area contributed by atoms with Gasteiger partial charge < -0.3 is 175 Å². The van der Waals surface area contributed by atoms with Crippen LogP contribution in [0.5, 0.6) is 0 Å². The van der Waals surface area contributed by atoms with E-state index in [-0.39, 0.29) is 24.6 Å². The summed E-state index contributed by atoms with van der Waals surface area (Å²) in [7, 11) is 0. The van der Waals surface area contributed by atoms with Gasteiger partial charge in [-0.15, -0.1) is 0 Å². The van der Waals surface area contributed by atoms with Gasteiger partial charge in [0, 0.05) is 36.1 Å². The fourth-order valence-corrected chi connectivity index (χ4v) is 12.6. The molecule has 23 N–H and O–H groups in total. The Morgan fingerprint density at radius 2 is 0.386 bits per heavy atom. The van der Waals surface area contributed by atoms with Crippen LogP contribution in [0.2, 0.25) is 0 Å². The van der Waals surface area contributed by atoms with Crippen LogP contribution in [0.4, 0.5) is 0 Å². The van der Waals surface area contributed by atoms with E-state index in [1.165, 1.54) is 0 Å². The Morgan fingerprint density at radius 3 is 0.542 bits per heavy atom. The van der Waals surface area contributed by atoms with Crippen molar-refractivity contribution >= 4 is 23.5 Å². The van der Waals surface area contributed by atoms with Crippen molar-refractivity contribution < 1.29 is 163 Å².